The molecule has 4 atom stereocenters. The number of phosphoric acid groups is 1. The fraction of sp³-hybridized carbons (Fsp3) is 0.630. The van der Waals surface area contributed by atoms with E-state index >= 15 is 0 Å². The molecule has 0 aliphatic rings. The zero-order valence-electron chi connectivity index (χ0n) is 35.9. The number of hydrogen-bond acceptors (Lipinski definition) is 10. The van der Waals surface area contributed by atoms with Crippen LogP contribution in [0.15, 0.2) is 85.1 Å². The topological polar surface area (TPSA) is 192 Å². The molecule has 5 N–H and O–H groups in total. The van der Waals surface area contributed by atoms with Crippen LogP contribution in [0.5, 0.6) is 0 Å². The molecule has 0 heterocycles. The molecule has 0 aromatic carbocycles. The van der Waals surface area contributed by atoms with Gasteiger partial charge in [-0.3, -0.25) is 23.4 Å². The minimum Gasteiger partial charge on any atom is -0.480 e. The van der Waals surface area contributed by atoms with E-state index in [1.54, 1.807) is 6.08 Å². The summed E-state index contributed by atoms with van der Waals surface area (Å²) in [6.07, 6.45) is 45.5. The number of phosphoric ester groups is 1. The van der Waals surface area contributed by atoms with Gasteiger partial charge >= 0.3 is 25.7 Å². The first kappa shape index (κ1) is 55.6. The number of hydrogen-bond donors (Lipinski definition) is 4. The number of carboxylic acids is 1. The van der Waals surface area contributed by atoms with Crippen molar-refractivity contribution in [3.05, 3.63) is 85.1 Å². The molecule has 12 nitrogen and oxygen atoms in total. The van der Waals surface area contributed by atoms with Crippen LogP contribution in [-0.2, 0) is 37.5 Å². The van der Waals surface area contributed by atoms with E-state index in [1.165, 1.54) is 44.9 Å². The molecular formula is C46H76NO11P. The summed E-state index contributed by atoms with van der Waals surface area (Å²) in [5.41, 5.74) is 5.32. The van der Waals surface area contributed by atoms with Crippen LogP contribution in [0.25, 0.3) is 0 Å². The third kappa shape index (κ3) is 39.8. The van der Waals surface area contributed by atoms with E-state index in [2.05, 4.69) is 42.7 Å². The SMILES string of the molecule is CC/C=C\C/C=C\CC(O)/C=C/C=C\C/C=C\C/C=C\CCC(=O)O[C@H](COC(=O)CCCCCCCCC/C=C\CCCCCC)COP(=O)(O)OC[C@H](N)C(=O)O. The van der Waals surface area contributed by atoms with Crippen LogP contribution in [0.1, 0.15) is 149 Å². The van der Waals surface area contributed by atoms with Crippen molar-refractivity contribution in [2.24, 2.45) is 5.73 Å². The minimum absolute atomic E-state index is 0.00780. The van der Waals surface area contributed by atoms with E-state index < -0.39 is 63.8 Å². The fourth-order valence-corrected chi connectivity index (χ4v) is 6.06. The normalized spacial score (nSPS) is 15.1. The second-order valence-corrected chi connectivity index (χ2v) is 15.7. The lowest BCUT2D eigenvalue weighted by molar-refractivity contribution is -0.161. The highest BCUT2D eigenvalue weighted by atomic mass is 31.2. The number of aliphatic hydroxyl groups is 1. The van der Waals surface area contributed by atoms with Crippen LogP contribution in [0.4, 0.5) is 0 Å². The number of nitrogens with two attached hydrogens (primary N) is 1. The summed E-state index contributed by atoms with van der Waals surface area (Å²) in [5.74, 6) is -2.54. The smallest absolute Gasteiger partial charge is 0.472 e. The zero-order chi connectivity index (χ0) is 43.7. The predicted octanol–water partition coefficient (Wildman–Crippen LogP) is 10.5. The highest BCUT2D eigenvalue weighted by Gasteiger charge is 2.28. The number of unbranched alkanes of at least 4 members (excludes halogenated alkanes) is 11. The Morgan fingerprint density at radius 1 is 0.627 bits per heavy atom. The summed E-state index contributed by atoms with van der Waals surface area (Å²) >= 11 is 0. The van der Waals surface area contributed by atoms with Gasteiger partial charge in [-0.15, -0.1) is 0 Å². The number of aliphatic hydroxyl groups excluding tert-OH is 1. The lowest BCUT2D eigenvalue weighted by Crippen LogP contribution is -2.34. The molecule has 0 fully saturated rings. The Hall–Kier alpha value is -3.38. The quantitative estimate of drug-likeness (QED) is 0.0151. The molecule has 0 aliphatic carbocycles. The van der Waals surface area contributed by atoms with Crippen molar-refractivity contribution in [1.29, 1.82) is 0 Å². The van der Waals surface area contributed by atoms with E-state index in [4.69, 9.17) is 24.8 Å². The molecule has 0 saturated carbocycles. The Bertz CT molecular complexity index is 1340. The summed E-state index contributed by atoms with van der Waals surface area (Å²) in [6.45, 7) is 2.50. The molecule has 0 saturated heterocycles. The first-order valence-electron chi connectivity index (χ1n) is 21.7. The Balaban J connectivity index is 4.58. The van der Waals surface area contributed by atoms with Gasteiger partial charge in [0.15, 0.2) is 6.10 Å². The van der Waals surface area contributed by atoms with Gasteiger partial charge in [-0.1, -0.05) is 150 Å². The van der Waals surface area contributed by atoms with E-state index in [0.717, 1.165) is 51.4 Å². The lowest BCUT2D eigenvalue weighted by Gasteiger charge is -2.20. The standard InChI is InChI=1S/C46H76NO11P/c1-3-5-7-9-11-12-13-14-15-16-17-21-24-28-32-36-44(49)55-38-42(39-56-59(53,54)57-40-43(47)46(51)52)58-45(50)37-33-29-25-22-19-18-20-23-27-31-35-41(48)34-30-26-10-8-6-4-2/h6,8,12-13,18-19,23,25-27,29-31,35,41-43,48H,3-5,7,9-11,14-17,20-22,24,28,32-34,36-40,47H2,1-2H3,(H,51,52)(H,53,54)/b8-6-,13-12-,19-18-,27-23-,29-25-,30-26-,35-31+/t41?,42-,43+/m1/s1. The third-order valence-electron chi connectivity index (χ3n) is 8.72. The van der Waals surface area contributed by atoms with Crippen molar-refractivity contribution < 1.29 is 52.6 Å². The summed E-state index contributed by atoms with van der Waals surface area (Å²) in [7, 11) is -4.75. The van der Waals surface area contributed by atoms with Gasteiger partial charge in [-0.05, 0) is 70.6 Å². The highest BCUT2D eigenvalue weighted by molar-refractivity contribution is 7.47. The van der Waals surface area contributed by atoms with Crippen LogP contribution in [0.2, 0.25) is 0 Å². The molecular weight excluding hydrogens is 773 g/mol. The van der Waals surface area contributed by atoms with Crippen molar-refractivity contribution >= 4 is 25.7 Å². The molecule has 13 heteroatoms. The van der Waals surface area contributed by atoms with Gasteiger partial charge in [0.2, 0.25) is 0 Å². The van der Waals surface area contributed by atoms with Crippen LogP contribution in [0, 0.1) is 0 Å². The zero-order valence-corrected chi connectivity index (χ0v) is 36.8. The van der Waals surface area contributed by atoms with Crippen molar-refractivity contribution in [3.8, 4) is 0 Å². The average Bonchev–Trinajstić information content (AvgIpc) is 3.21. The first-order valence-corrected chi connectivity index (χ1v) is 23.2. The van der Waals surface area contributed by atoms with Crippen molar-refractivity contribution in [2.75, 3.05) is 19.8 Å². The van der Waals surface area contributed by atoms with Crippen molar-refractivity contribution in [3.63, 3.8) is 0 Å². The molecule has 0 radical (unpaired) electrons. The number of carboxylic acid groups (broad SMARTS) is 1. The minimum atomic E-state index is -4.75. The predicted molar refractivity (Wildman–Crippen MR) is 236 cm³/mol. The average molecular weight is 850 g/mol. The van der Waals surface area contributed by atoms with Crippen LogP contribution in [0.3, 0.4) is 0 Å². The molecule has 0 spiro atoms. The monoisotopic (exact) mass is 850 g/mol. The number of ether oxygens (including phenoxy) is 2. The van der Waals surface area contributed by atoms with E-state index in [0.29, 0.717) is 25.7 Å². The first-order chi connectivity index (χ1) is 28.5. The molecule has 0 aromatic rings. The molecule has 59 heavy (non-hydrogen) atoms. The lowest BCUT2D eigenvalue weighted by atomic mass is 10.1. The van der Waals surface area contributed by atoms with Crippen LogP contribution < -0.4 is 5.73 Å². The van der Waals surface area contributed by atoms with Gasteiger partial charge < -0.3 is 30.3 Å². The number of esters is 2. The van der Waals surface area contributed by atoms with Gasteiger partial charge in [0.05, 0.1) is 19.3 Å². The van der Waals surface area contributed by atoms with Crippen LogP contribution >= 0.6 is 7.82 Å². The molecule has 0 aliphatic heterocycles. The Labute approximate surface area is 355 Å². The van der Waals surface area contributed by atoms with Gasteiger partial charge in [-0.2, -0.15) is 0 Å². The van der Waals surface area contributed by atoms with E-state index in [-0.39, 0.29) is 12.8 Å². The number of allylic oxidation sites excluding steroid dienone is 12. The summed E-state index contributed by atoms with van der Waals surface area (Å²) in [5, 5.41) is 18.9. The molecule has 336 valence electrons. The second-order valence-electron chi connectivity index (χ2n) is 14.3. The molecule has 0 aromatic heterocycles. The Morgan fingerprint density at radius 3 is 1.85 bits per heavy atom. The van der Waals surface area contributed by atoms with Gasteiger partial charge in [0.1, 0.15) is 12.6 Å². The van der Waals surface area contributed by atoms with Crippen molar-refractivity contribution in [1.82, 2.24) is 0 Å². The maximum Gasteiger partial charge on any atom is 0.472 e. The highest BCUT2D eigenvalue weighted by Crippen LogP contribution is 2.43. The van der Waals surface area contributed by atoms with E-state index in [1.807, 2.05) is 54.7 Å². The molecule has 0 amide bonds. The summed E-state index contributed by atoms with van der Waals surface area (Å²) in [6, 6.07) is -1.55. The summed E-state index contributed by atoms with van der Waals surface area (Å²) < 4.78 is 32.6. The molecule has 0 bridgehead atoms. The van der Waals surface area contributed by atoms with Gasteiger partial charge in [-0.25, -0.2) is 4.57 Å². The fourth-order valence-electron chi connectivity index (χ4n) is 5.29. The number of rotatable bonds is 39. The summed E-state index contributed by atoms with van der Waals surface area (Å²) in [4.78, 5) is 45.9. The number of carbonyl (C=O) groups excluding carboxylic acids is 2. The molecule has 0 rings (SSSR count). The largest absolute Gasteiger partial charge is 0.480 e. The van der Waals surface area contributed by atoms with Crippen LogP contribution in [-0.4, -0.2) is 71.1 Å². The third-order valence-corrected chi connectivity index (χ3v) is 9.67. The molecule has 2 unspecified atom stereocenters. The van der Waals surface area contributed by atoms with Crippen molar-refractivity contribution in [2.45, 2.75) is 167 Å². The van der Waals surface area contributed by atoms with Gasteiger partial charge in [0, 0.05) is 12.8 Å². The van der Waals surface area contributed by atoms with E-state index in [9.17, 15) is 28.9 Å². The Kier molecular flexibility index (Phi) is 37.8. The maximum absolute atomic E-state index is 12.6. The number of carbonyl (C=O) groups is 3. The second kappa shape index (κ2) is 40.0. The van der Waals surface area contributed by atoms with Gasteiger partial charge in [0.25, 0.3) is 0 Å². The number of aliphatic carboxylic acids is 1. The maximum atomic E-state index is 12.6. The Morgan fingerprint density at radius 2 is 1.19 bits per heavy atom.